The zero-order valence-corrected chi connectivity index (χ0v) is 17.4. The molecule has 7 nitrogen and oxygen atoms in total. The molecule has 2 aromatic carbocycles. The normalized spacial score (nSPS) is 11.2. The van der Waals surface area contributed by atoms with Gasteiger partial charge < -0.3 is 19.3 Å². The molecular weight excluding hydrogens is 398 g/mol. The zero-order valence-electron chi connectivity index (χ0n) is 17.4. The molecule has 0 radical (unpaired) electrons. The van der Waals surface area contributed by atoms with Gasteiger partial charge in [-0.25, -0.2) is 9.59 Å². The highest BCUT2D eigenvalue weighted by Gasteiger charge is 2.16. The smallest absolute Gasteiger partial charge is 0.339 e. The number of aromatic carboxylic acids is 1. The van der Waals surface area contributed by atoms with Crippen LogP contribution in [0.3, 0.4) is 0 Å². The Morgan fingerprint density at radius 3 is 2.42 bits per heavy atom. The SMILES string of the molecule is Cc1oc2cc3oc(=O)c(CCC(=O)Nc4cccc(C(=O)O)c4)c(C)c3cc2c1C. The Balaban J connectivity index is 1.59. The molecule has 0 aliphatic rings. The molecule has 0 unspecified atom stereocenters. The number of nitrogens with one attached hydrogen (secondary N) is 1. The summed E-state index contributed by atoms with van der Waals surface area (Å²) in [5.41, 5.74) is 3.35. The van der Waals surface area contributed by atoms with Crippen molar-refractivity contribution in [1.29, 1.82) is 0 Å². The first kappa shape index (κ1) is 20.4. The fourth-order valence-electron chi connectivity index (χ4n) is 3.71. The molecule has 4 rings (SSSR count). The average Bonchev–Trinajstić information content (AvgIpc) is 2.99. The monoisotopic (exact) mass is 419 g/mol. The molecule has 158 valence electrons. The van der Waals surface area contributed by atoms with Crippen molar-refractivity contribution >= 4 is 39.5 Å². The maximum Gasteiger partial charge on any atom is 0.339 e. The van der Waals surface area contributed by atoms with Gasteiger partial charge in [-0.3, -0.25) is 4.79 Å². The molecule has 0 aliphatic heterocycles. The van der Waals surface area contributed by atoms with Gasteiger partial charge in [-0.2, -0.15) is 0 Å². The molecule has 7 heteroatoms. The molecule has 2 aromatic heterocycles. The molecule has 0 saturated carbocycles. The first-order valence-corrected chi connectivity index (χ1v) is 9.84. The molecular formula is C24H21NO6. The standard InChI is InChI=1S/C24H21NO6/c1-12-14(3)30-20-11-21-19(10-18(12)20)13(2)17(24(29)31-21)7-8-22(26)25-16-6-4-5-15(9-16)23(27)28/h4-6,9-11H,7-8H2,1-3H3,(H,25,26)(H,27,28). The van der Waals surface area contributed by atoms with E-state index in [9.17, 15) is 14.4 Å². The van der Waals surface area contributed by atoms with Crippen molar-refractivity contribution in [2.24, 2.45) is 0 Å². The number of carboxylic acid groups (broad SMARTS) is 1. The van der Waals surface area contributed by atoms with Crippen LogP contribution in [0, 0.1) is 20.8 Å². The minimum atomic E-state index is -1.07. The van der Waals surface area contributed by atoms with Crippen LogP contribution in [0.2, 0.25) is 0 Å². The lowest BCUT2D eigenvalue weighted by atomic mass is 10.0. The summed E-state index contributed by atoms with van der Waals surface area (Å²) in [7, 11) is 0. The van der Waals surface area contributed by atoms with Crippen LogP contribution in [0.15, 0.2) is 50.0 Å². The van der Waals surface area contributed by atoms with Crippen molar-refractivity contribution < 1.29 is 23.5 Å². The van der Waals surface area contributed by atoms with E-state index in [-0.39, 0.29) is 24.3 Å². The van der Waals surface area contributed by atoms with E-state index in [1.807, 2.05) is 26.8 Å². The summed E-state index contributed by atoms with van der Waals surface area (Å²) in [5.74, 6) is -0.579. The molecule has 2 heterocycles. The lowest BCUT2D eigenvalue weighted by molar-refractivity contribution is -0.116. The average molecular weight is 419 g/mol. The van der Waals surface area contributed by atoms with Gasteiger partial charge in [0.15, 0.2) is 0 Å². The van der Waals surface area contributed by atoms with Crippen LogP contribution in [0.1, 0.15) is 39.2 Å². The Kier molecular flexibility index (Phi) is 5.10. The highest BCUT2D eigenvalue weighted by Crippen LogP contribution is 2.31. The van der Waals surface area contributed by atoms with Crippen molar-refractivity contribution in [3.8, 4) is 0 Å². The van der Waals surface area contributed by atoms with Gasteiger partial charge in [0.05, 0.1) is 5.56 Å². The van der Waals surface area contributed by atoms with Gasteiger partial charge in [0.2, 0.25) is 5.91 Å². The third-order valence-electron chi connectivity index (χ3n) is 5.58. The molecule has 2 N–H and O–H groups in total. The third-order valence-corrected chi connectivity index (χ3v) is 5.58. The summed E-state index contributed by atoms with van der Waals surface area (Å²) in [6, 6.07) is 9.68. The first-order chi connectivity index (χ1) is 14.7. The molecule has 1 amide bonds. The maximum atomic E-state index is 12.6. The van der Waals surface area contributed by atoms with Crippen molar-refractivity contribution in [3.63, 3.8) is 0 Å². The highest BCUT2D eigenvalue weighted by atomic mass is 16.4. The van der Waals surface area contributed by atoms with Crippen LogP contribution in [-0.4, -0.2) is 17.0 Å². The van der Waals surface area contributed by atoms with Crippen molar-refractivity contribution in [2.45, 2.75) is 33.6 Å². The summed E-state index contributed by atoms with van der Waals surface area (Å²) in [5, 5.41) is 13.5. The van der Waals surface area contributed by atoms with Gasteiger partial charge in [0, 0.05) is 34.5 Å². The number of carbonyl (C=O) groups excluding carboxylic acids is 1. The molecule has 0 spiro atoms. The third kappa shape index (κ3) is 3.82. The summed E-state index contributed by atoms with van der Waals surface area (Å²) in [6.45, 7) is 5.71. The molecule has 0 saturated heterocycles. The van der Waals surface area contributed by atoms with Gasteiger partial charge in [-0.15, -0.1) is 0 Å². The first-order valence-electron chi connectivity index (χ1n) is 9.84. The van der Waals surface area contributed by atoms with E-state index in [0.717, 1.165) is 27.7 Å². The number of aryl methyl sites for hydroxylation is 3. The highest BCUT2D eigenvalue weighted by molar-refractivity contribution is 5.97. The van der Waals surface area contributed by atoms with Crippen LogP contribution >= 0.6 is 0 Å². The Labute approximate surface area is 177 Å². The fourth-order valence-corrected chi connectivity index (χ4v) is 3.71. The number of furan rings is 1. The van der Waals surface area contributed by atoms with Crippen molar-refractivity contribution in [2.75, 3.05) is 5.32 Å². The Morgan fingerprint density at radius 2 is 1.68 bits per heavy atom. The second kappa shape index (κ2) is 7.75. The van der Waals surface area contributed by atoms with Gasteiger partial charge >= 0.3 is 11.6 Å². The second-order valence-corrected chi connectivity index (χ2v) is 7.55. The summed E-state index contributed by atoms with van der Waals surface area (Å²) in [4.78, 5) is 36.0. The van der Waals surface area contributed by atoms with Gasteiger partial charge in [-0.1, -0.05) is 6.07 Å². The zero-order chi connectivity index (χ0) is 22.3. The van der Waals surface area contributed by atoms with Crippen molar-refractivity contribution in [1.82, 2.24) is 0 Å². The van der Waals surface area contributed by atoms with E-state index >= 15 is 0 Å². The molecule has 0 fully saturated rings. The molecule has 0 aliphatic carbocycles. The number of benzene rings is 2. The van der Waals surface area contributed by atoms with Crippen LogP contribution in [0.5, 0.6) is 0 Å². The predicted molar refractivity (Wildman–Crippen MR) is 117 cm³/mol. The van der Waals surface area contributed by atoms with Crippen LogP contribution in [-0.2, 0) is 11.2 Å². The van der Waals surface area contributed by atoms with E-state index < -0.39 is 11.6 Å². The molecule has 0 atom stereocenters. The lowest BCUT2D eigenvalue weighted by Crippen LogP contribution is -2.16. The van der Waals surface area contributed by atoms with Gasteiger partial charge in [-0.05, 0) is 62.6 Å². The van der Waals surface area contributed by atoms with Gasteiger partial charge in [0.25, 0.3) is 0 Å². The Morgan fingerprint density at radius 1 is 0.968 bits per heavy atom. The van der Waals surface area contributed by atoms with E-state index in [2.05, 4.69) is 5.32 Å². The lowest BCUT2D eigenvalue weighted by Gasteiger charge is -2.09. The quantitative estimate of drug-likeness (QED) is 0.453. The van der Waals surface area contributed by atoms with E-state index in [1.165, 1.54) is 12.1 Å². The summed E-state index contributed by atoms with van der Waals surface area (Å²) >= 11 is 0. The van der Waals surface area contributed by atoms with Crippen LogP contribution < -0.4 is 10.9 Å². The second-order valence-electron chi connectivity index (χ2n) is 7.55. The topological polar surface area (TPSA) is 110 Å². The summed E-state index contributed by atoms with van der Waals surface area (Å²) < 4.78 is 11.2. The number of hydrogen-bond donors (Lipinski definition) is 2. The van der Waals surface area contributed by atoms with Crippen LogP contribution in [0.4, 0.5) is 5.69 Å². The number of carbonyl (C=O) groups is 2. The number of hydrogen-bond acceptors (Lipinski definition) is 5. The Hall–Kier alpha value is -3.87. The van der Waals surface area contributed by atoms with Gasteiger partial charge in [0.1, 0.15) is 16.9 Å². The number of anilines is 1. The molecule has 31 heavy (non-hydrogen) atoms. The van der Waals surface area contributed by atoms with E-state index in [4.69, 9.17) is 13.9 Å². The number of rotatable bonds is 5. The minimum absolute atomic E-state index is 0.0560. The number of fused-ring (bicyclic) bond motifs is 2. The fraction of sp³-hybridized carbons (Fsp3) is 0.208. The predicted octanol–water partition coefficient (Wildman–Crippen LogP) is 4.73. The largest absolute Gasteiger partial charge is 0.478 e. The minimum Gasteiger partial charge on any atom is -0.478 e. The van der Waals surface area contributed by atoms with E-state index in [1.54, 1.807) is 18.2 Å². The number of amides is 1. The molecule has 4 aromatic rings. The molecule has 0 bridgehead atoms. The maximum absolute atomic E-state index is 12.6. The Bertz CT molecular complexity index is 1410. The van der Waals surface area contributed by atoms with Crippen LogP contribution in [0.25, 0.3) is 21.9 Å². The van der Waals surface area contributed by atoms with E-state index in [0.29, 0.717) is 22.4 Å². The van der Waals surface area contributed by atoms with Crippen molar-refractivity contribution in [3.05, 3.63) is 74.8 Å². The summed E-state index contributed by atoms with van der Waals surface area (Å²) in [6.07, 6.45) is 0.260. The number of carboxylic acids is 1.